The van der Waals surface area contributed by atoms with Crippen molar-refractivity contribution in [3.8, 4) is 16.8 Å². The van der Waals surface area contributed by atoms with Crippen molar-refractivity contribution in [1.82, 2.24) is 9.05 Å². The third-order valence-electron chi connectivity index (χ3n) is 8.64. The molecule has 0 spiro atoms. The molecule has 0 bridgehead atoms. The molecule has 2 aliphatic heterocycles. The summed E-state index contributed by atoms with van der Waals surface area (Å²) in [7, 11) is 0. The van der Waals surface area contributed by atoms with Gasteiger partial charge >= 0.3 is 6.85 Å². The Hall–Kier alpha value is -4.24. The highest BCUT2D eigenvalue weighted by atomic mass is 15.0. The average Bonchev–Trinajstić information content (AvgIpc) is 3.39. The van der Waals surface area contributed by atoms with Gasteiger partial charge in [0.05, 0.1) is 11.0 Å². The highest BCUT2D eigenvalue weighted by Crippen LogP contribution is 2.43. The number of hydrogen-bond donors (Lipinski definition) is 0. The fraction of sp³-hybridized carbons (Fsp3) is 0.0909. The molecule has 4 heterocycles. The molecule has 0 saturated heterocycles. The summed E-state index contributed by atoms with van der Waals surface area (Å²) >= 11 is 0. The average molecular weight is 458 g/mol. The Morgan fingerprint density at radius 1 is 0.583 bits per heavy atom. The summed E-state index contributed by atoms with van der Waals surface area (Å²) in [5, 5.41) is 5.42. The lowest BCUT2D eigenvalue weighted by Crippen LogP contribution is -2.55. The zero-order valence-corrected chi connectivity index (χ0v) is 20.6. The van der Waals surface area contributed by atoms with Gasteiger partial charge in [0.1, 0.15) is 0 Å². The van der Waals surface area contributed by atoms with Gasteiger partial charge in [-0.25, -0.2) is 0 Å². The Morgan fingerprint density at radius 2 is 1.33 bits per heavy atom. The highest BCUT2D eigenvalue weighted by molar-refractivity contribution is 6.90. The van der Waals surface area contributed by atoms with E-state index in [0.29, 0.717) is 0 Å². The summed E-state index contributed by atoms with van der Waals surface area (Å²) < 4.78 is 5.20. The maximum atomic E-state index is 2.64. The van der Waals surface area contributed by atoms with Crippen LogP contribution in [0.25, 0.3) is 60.4 Å². The van der Waals surface area contributed by atoms with Crippen molar-refractivity contribution in [1.29, 1.82) is 0 Å². The van der Waals surface area contributed by atoms with Crippen LogP contribution in [0.4, 0.5) is 0 Å². The van der Waals surface area contributed by atoms with Gasteiger partial charge in [0.25, 0.3) is 0 Å². The lowest BCUT2D eigenvalue weighted by molar-refractivity contribution is 1.16. The van der Waals surface area contributed by atoms with E-state index in [1.54, 1.807) is 0 Å². The normalized spacial score (nSPS) is 13.4. The van der Waals surface area contributed by atoms with Gasteiger partial charge in [0, 0.05) is 43.8 Å². The Morgan fingerprint density at radius 3 is 2.22 bits per heavy atom. The quantitative estimate of drug-likeness (QED) is 0.222. The molecule has 0 atom stereocenters. The van der Waals surface area contributed by atoms with Gasteiger partial charge < -0.3 is 9.05 Å². The van der Waals surface area contributed by atoms with E-state index < -0.39 is 0 Å². The molecule has 2 nitrogen and oxygen atoms in total. The first-order valence-corrected chi connectivity index (χ1v) is 12.8. The molecule has 0 radical (unpaired) electrons. The van der Waals surface area contributed by atoms with Crippen molar-refractivity contribution < 1.29 is 0 Å². The molecule has 2 aromatic heterocycles. The number of aryl methyl sites for hydroxylation is 3. The molecule has 5 aromatic carbocycles. The Labute approximate surface area is 209 Å². The SMILES string of the molecule is Cc1cc2c3c(c1)c1ccccc1n3B1c3c-2cccc3-n2c3c(C)cc(C)cc3c3cccc1c32. The van der Waals surface area contributed by atoms with Crippen LogP contribution in [0.5, 0.6) is 0 Å². The van der Waals surface area contributed by atoms with Crippen LogP contribution in [0.2, 0.25) is 0 Å². The fourth-order valence-corrected chi connectivity index (χ4v) is 7.51. The van der Waals surface area contributed by atoms with Crippen LogP contribution in [0, 0.1) is 20.8 Å². The van der Waals surface area contributed by atoms with Crippen LogP contribution in [0.1, 0.15) is 16.7 Å². The number of benzene rings is 5. The Bertz CT molecular complexity index is 2140. The molecule has 0 aliphatic carbocycles. The van der Waals surface area contributed by atoms with Gasteiger partial charge in [-0.3, -0.25) is 0 Å². The summed E-state index contributed by atoms with van der Waals surface area (Å²) in [6, 6.07) is 32.3. The van der Waals surface area contributed by atoms with Gasteiger partial charge in [0.2, 0.25) is 0 Å². The van der Waals surface area contributed by atoms with Gasteiger partial charge in [-0.15, -0.1) is 0 Å². The fourth-order valence-electron chi connectivity index (χ4n) is 7.51. The van der Waals surface area contributed by atoms with E-state index in [-0.39, 0.29) is 6.85 Å². The second-order valence-corrected chi connectivity index (χ2v) is 10.8. The van der Waals surface area contributed by atoms with Crippen LogP contribution in [0.3, 0.4) is 0 Å². The topological polar surface area (TPSA) is 9.86 Å². The lowest BCUT2D eigenvalue weighted by atomic mass is 9.45. The molecule has 36 heavy (non-hydrogen) atoms. The van der Waals surface area contributed by atoms with E-state index in [1.165, 1.54) is 88.0 Å². The van der Waals surface area contributed by atoms with Crippen molar-refractivity contribution in [2.75, 3.05) is 0 Å². The number of hydrogen-bond acceptors (Lipinski definition) is 0. The molecule has 2 aliphatic rings. The van der Waals surface area contributed by atoms with Crippen LogP contribution in [-0.4, -0.2) is 15.9 Å². The molecule has 0 saturated carbocycles. The van der Waals surface area contributed by atoms with Gasteiger partial charge in [-0.05, 0) is 78.7 Å². The number of para-hydroxylation sites is 2. The lowest BCUT2D eigenvalue weighted by Gasteiger charge is -2.34. The smallest absolute Gasteiger partial charge is 0.333 e. The molecule has 0 fully saturated rings. The van der Waals surface area contributed by atoms with E-state index in [1.807, 2.05) is 0 Å². The molecule has 9 rings (SSSR count). The van der Waals surface area contributed by atoms with Crippen LogP contribution >= 0.6 is 0 Å². The first-order valence-electron chi connectivity index (χ1n) is 12.8. The Kier molecular flexibility index (Phi) is 3.23. The van der Waals surface area contributed by atoms with Gasteiger partial charge in [-0.1, -0.05) is 60.2 Å². The second-order valence-electron chi connectivity index (χ2n) is 10.8. The van der Waals surface area contributed by atoms with E-state index >= 15 is 0 Å². The monoisotopic (exact) mass is 458 g/mol. The van der Waals surface area contributed by atoms with Crippen LogP contribution in [-0.2, 0) is 0 Å². The molecule has 0 unspecified atom stereocenters. The molecule has 7 aromatic rings. The van der Waals surface area contributed by atoms with Gasteiger partial charge in [0.15, 0.2) is 0 Å². The predicted molar refractivity (Wildman–Crippen MR) is 154 cm³/mol. The first kappa shape index (κ1) is 19.0. The minimum absolute atomic E-state index is 0.149. The highest BCUT2D eigenvalue weighted by Gasteiger charge is 2.41. The van der Waals surface area contributed by atoms with E-state index in [4.69, 9.17) is 0 Å². The third-order valence-corrected chi connectivity index (χ3v) is 8.64. The summed E-state index contributed by atoms with van der Waals surface area (Å²) in [6.45, 7) is 6.85. The van der Waals surface area contributed by atoms with Crippen LogP contribution in [0.15, 0.2) is 84.9 Å². The van der Waals surface area contributed by atoms with Crippen molar-refractivity contribution in [2.24, 2.45) is 0 Å². The third kappa shape index (κ3) is 2.01. The molecule has 0 amide bonds. The summed E-state index contributed by atoms with van der Waals surface area (Å²) in [5.74, 6) is 0. The summed E-state index contributed by atoms with van der Waals surface area (Å²) in [6.07, 6.45) is 0. The van der Waals surface area contributed by atoms with E-state index in [9.17, 15) is 0 Å². The minimum atomic E-state index is 0.149. The van der Waals surface area contributed by atoms with Crippen molar-refractivity contribution in [3.63, 3.8) is 0 Å². The van der Waals surface area contributed by atoms with Crippen molar-refractivity contribution >= 4 is 61.4 Å². The number of aromatic nitrogens is 2. The second kappa shape index (κ2) is 6.11. The van der Waals surface area contributed by atoms with E-state index in [0.717, 1.165) is 0 Å². The summed E-state index contributed by atoms with van der Waals surface area (Å²) in [4.78, 5) is 0. The molecule has 168 valence electrons. The number of nitrogens with zero attached hydrogens (tertiary/aromatic N) is 2. The van der Waals surface area contributed by atoms with Crippen LogP contribution < -0.4 is 10.9 Å². The Balaban J connectivity index is 1.59. The van der Waals surface area contributed by atoms with Crippen molar-refractivity contribution in [3.05, 3.63) is 102 Å². The predicted octanol–water partition coefficient (Wildman–Crippen LogP) is 6.76. The zero-order valence-electron chi connectivity index (χ0n) is 20.6. The standard InChI is InChI=1S/C33H23BN2/c1-18-14-20(3)31-26(15-18)23-10-6-11-27-33(23)35(31)29-13-7-9-22-25-17-19(2)16-24-21-8-4-5-12-28(21)36(32(24)25)34(27)30(22)29/h4-17H,1-3H3. The molecular formula is C33H23BN2. The minimum Gasteiger partial charge on any atom is -0.375 e. The first-order chi connectivity index (χ1) is 17.6. The van der Waals surface area contributed by atoms with Gasteiger partial charge in [-0.2, -0.15) is 0 Å². The molecule has 0 N–H and O–H groups in total. The van der Waals surface area contributed by atoms with E-state index in [2.05, 4.69) is 115 Å². The largest absolute Gasteiger partial charge is 0.375 e. The number of rotatable bonds is 0. The van der Waals surface area contributed by atoms with Crippen molar-refractivity contribution in [2.45, 2.75) is 20.8 Å². The number of fused-ring (bicyclic) bond motifs is 10. The molecular weight excluding hydrogens is 435 g/mol. The molecule has 3 heteroatoms. The summed E-state index contributed by atoms with van der Waals surface area (Å²) in [5.41, 5.74) is 16.2. The zero-order chi connectivity index (χ0) is 23.9. The maximum Gasteiger partial charge on any atom is 0.333 e. The maximum absolute atomic E-state index is 2.64.